The molecule has 0 atom stereocenters. The van der Waals surface area contributed by atoms with Gasteiger partial charge < -0.3 is 4.57 Å². The Kier molecular flexibility index (Phi) is 3.55. The van der Waals surface area contributed by atoms with Crippen LogP contribution in [0.2, 0.25) is 0 Å². The lowest BCUT2D eigenvalue weighted by atomic mass is 10.1. The zero-order chi connectivity index (χ0) is 15.0. The number of pyridine rings is 1. The Morgan fingerprint density at radius 1 is 1.05 bits per heavy atom. The average Bonchev–Trinajstić information content (AvgIpc) is 2.47. The topological polar surface area (TPSA) is 22.0 Å². The first-order valence-electron chi connectivity index (χ1n) is 6.58. The second-order valence-electron chi connectivity index (χ2n) is 4.98. The van der Waals surface area contributed by atoms with Crippen LogP contribution in [0.3, 0.4) is 0 Å². The Morgan fingerprint density at radius 2 is 1.76 bits per heavy atom. The Labute approximate surface area is 126 Å². The summed E-state index contributed by atoms with van der Waals surface area (Å²) >= 11 is 1.48. The molecule has 0 radical (unpaired) electrons. The van der Waals surface area contributed by atoms with Crippen molar-refractivity contribution in [3.8, 4) is 0 Å². The molecule has 0 fully saturated rings. The molecule has 0 aliphatic carbocycles. The summed E-state index contributed by atoms with van der Waals surface area (Å²) < 4.78 is 14.6. The zero-order valence-corrected chi connectivity index (χ0v) is 12.6. The molecule has 0 bridgehead atoms. The highest BCUT2D eigenvalue weighted by Crippen LogP contribution is 2.32. The standard InChI is InChI=1S/C17H14FNOS/c1-11-3-8-15-14(9-11)16(10-17(20)19(15)2)21-13-6-4-12(18)5-7-13/h3-10H,1-2H3. The average molecular weight is 299 g/mol. The lowest BCUT2D eigenvalue weighted by Gasteiger charge is -2.10. The van der Waals surface area contributed by atoms with Crippen molar-refractivity contribution >= 4 is 22.7 Å². The van der Waals surface area contributed by atoms with Gasteiger partial charge in [0, 0.05) is 28.3 Å². The number of halogens is 1. The number of nitrogens with zero attached hydrogens (tertiary/aromatic N) is 1. The summed E-state index contributed by atoms with van der Waals surface area (Å²) in [7, 11) is 1.77. The van der Waals surface area contributed by atoms with Gasteiger partial charge in [-0.15, -0.1) is 0 Å². The third kappa shape index (κ3) is 2.72. The number of benzene rings is 2. The van der Waals surface area contributed by atoms with Crippen LogP contribution in [0, 0.1) is 12.7 Å². The molecule has 0 aliphatic heterocycles. The van der Waals surface area contributed by atoms with E-state index in [1.807, 2.05) is 19.1 Å². The van der Waals surface area contributed by atoms with Crippen molar-refractivity contribution in [3.63, 3.8) is 0 Å². The third-order valence-electron chi connectivity index (χ3n) is 3.41. The maximum atomic E-state index is 13.0. The quantitative estimate of drug-likeness (QED) is 0.709. The van der Waals surface area contributed by atoms with Crippen molar-refractivity contribution in [2.45, 2.75) is 16.7 Å². The van der Waals surface area contributed by atoms with Crippen molar-refractivity contribution in [2.75, 3.05) is 0 Å². The van der Waals surface area contributed by atoms with E-state index in [1.54, 1.807) is 29.8 Å². The van der Waals surface area contributed by atoms with Gasteiger partial charge in [0.15, 0.2) is 0 Å². The third-order valence-corrected chi connectivity index (χ3v) is 4.47. The van der Waals surface area contributed by atoms with E-state index in [0.717, 1.165) is 26.3 Å². The van der Waals surface area contributed by atoms with E-state index in [1.165, 1.54) is 23.9 Å². The monoisotopic (exact) mass is 299 g/mol. The van der Waals surface area contributed by atoms with Crippen molar-refractivity contribution in [2.24, 2.45) is 7.05 Å². The van der Waals surface area contributed by atoms with Gasteiger partial charge in [0.1, 0.15) is 5.82 Å². The van der Waals surface area contributed by atoms with Gasteiger partial charge in [-0.1, -0.05) is 23.4 Å². The van der Waals surface area contributed by atoms with Crippen LogP contribution in [0.4, 0.5) is 4.39 Å². The molecule has 0 aliphatic rings. The van der Waals surface area contributed by atoms with Crippen LogP contribution in [0.1, 0.15) is 5.56 Å². The smallest absolute Gasteiger partial charge is 0.251 e. The second-order valence-corrected chi connectivity index (χ2v) is 6.10. The Balaban J connectivity index is 2.17. The fraction of sp³-hybridized carbons (Fsp3) is 0.118. The van der Waals surface area contributed by atoms with E-state index in [0.29, 0.717) is 0 Å². The summed E-state index contributed by atoms with van der Waals surface area (Å²) in [6.45, 7) is 2.02. The minimum Gasteiger partial charge on any atom is -0.311 e. The van der Waals surface area contributed by atoms with E-state index in [9.17, 15) is 9.18 Å². The van der Waals surface area contributed by atoms with Crippen molar-refractivity contribution in [3.05, 3.63) is 70.3 Å². The highest BCUT2D eigenvalue weighted by Gasteiger charge is 2.08. The first kappa shape index (κ1) is 13.9. The van der Waals surface area contributed by atoms with E-state index in [-0.39, 0.29) is 11.4 Å². The predicted molar refractivity (Wildman–Crippen MR) is 84.4 cm³/mol. The van der Waals surface area contributed by atoms with Gasteiger partial charge in [0.2, 0.25) is 0 Å². The van der Waals surface area contributed by atoms with Crippen LogP contribution in [0.5, 0.6) is 0 Å². The SMILES string of the molecule is Cc1ccc2c(c1)c(Sc1ccc(F)cc1)cc(=O)n2C. The molecular weight excluding hydrogens is 285 g/mol. The summed E-state index contributed by atoms with van der Waals surface area (Å²) in [5.41, 5.74) is 2.00. The van der Waals surface area contributed by atoms with E-state index in [4.69, 9.17) is 0 Å². The molecule has 1 heterocycles. The van der Waals surface area contributed by atoms with Crippen LogP contribution >= 0.6 is 11.8 Å². The van der Waals surface area contributed by atoms with Gasteiger partial charge in [0.05, 0.1) is 5.52 Å². The van der Waals surface area contributed by atoms with Crippen molar-refractivity contribution in [1.29, 1.82) is 0 Å². The molecule has 3 rings (SSSR count). The maximum Gasteiger partial charge on any atom is 0.251 e. The molecule has 1 aromatic heterocycles. The molecule has 0 saturated carbocycles. The summed E-state index contributed by atoms with van der Waals surface area (Å²) in [5.74, 6) is -0.260. The zero-order valence-electron chi connectivity index (χ0n) is 11.8. The lowest BCUT2D eigenvalue weighted by molar-refractivity contribution is 0.626. The van der Waals surface area contributed by atoms with Gasteiger partial charge in [-0.2, -0.15) is 0 Å². The van der Waals surface area contributed by atoms with Gasteiger partial charge >= 0.3 is 0 Å². The molecule has 4 heteroatoms. The van der Waals surface area contributed by atoms with Crippen LogP contribution in [0.25, 0.3) is 10.9 Å². The minimum absolute atomic E-state index is 0.0454. The first-order chi connectivity index (χ1) is 10.0. The molecule has 2 aromatic carbocycles. The normalized spacial score (nSPS) is 11.0. The second kappa shape index (κ2) is 5.37. The maximum absolute atomic E-state index is 13.0. The molecule has 0 amide bonds. The number of rotatable bonds is 2. The molecule has 0 spiro atoms. The fourth-order valence-electron chi connectivity index (χ4n) is 2.26. The van der Waals surface area contributed by atoms with E-state index < -0.39 is 0 Å². The van der Waals surface area contributed by atoms with E-state index >= 15 is 0 Å². The first-order valence-corrected chi connectivity index (χ1v) is 7.40. The number of aryl methyl sites for hydroxylation is 2. The summed E-state index contributed by atoms with van der Waals surface area (Å²) in [6.07, 6.45) is 0. The van der Waals surface area contributed by atoms with Crippen LogP contribution in [-0.2, 0) is 7.05 Å². The van der Waals surface area contributed by atoms with Crippen LogP contribution in [-0.4, -0.2) is 4.57 Å². The number of fused-ring (bicyclic) bond motifs is 1. The lowest BCUT2D eigenvalue weighted by Crippen LogP contribution is -2.16. The Bertz CT molecular complexity index is 868. The van der Waals surface area contributed by atoms with Crippen LogP contribution in [0.15, 0.2) is 63.1 Å². The van der Waals surface area contributed by atoms with Crippen LogP contribution < -0.4 is 5.56 Å². The molecular formula is C17H14FNOS. The summed E-state index contributed by atoms with van der Waals surface area (Å²) in [4.78, 5) is 13.9. The molecule has 0 N–H and O–H groups in total. The number of hydrogen-bond acceptors (Lipinski definition) is 2. The molecule has 21 heavy (non-hydrogen) atoms. The van der Waals surface area contributed by atoms with Crippen molar-refractivity contribution in [1.82, 2.24) is 4.57 Å². The molecule has 0 saturated heterocycles. The summed E-state index contributed by atoms with van der Waals surface area (Å²) in [6, 6.07) is 14.0. The number of aromatic nitrogens is 1. The molecule has 0 unspecified atom stereocenters. The van der Waals surface area contributed by atoms with Gasteiger partial charge in [-0.05, 0) is 43.3 Å². The van der Waals surface area contributed by atoms with Gasteiger partial charge in [0.25, 0.3) is 5.56 Å². The minimum atomic E-state index is -0.260. The predicted octanol–water partition coefficient (Wildman–Crippen LogP) is 4.14. The Morgan fingerprint density at radius 3 is 2.48 bits per heavy atom. The molecule has 2 nitrogen and oxygen atoms in total. The largest absolute Gasteiger partial charge is 0.311 e. The molecule has 106 valence electrons. The van der Waals surface area contributed by atoms with Gasteiger partial charge in [-0.3, -0.25) is 4.79 Å². The fourth-order valence-corrected chi connectivity index (χ4v) is 3.22. The highest BCUT2D eigenvalue weighted by atomic mass is 32.2. The van der Waals surface area contributed by atoms with Crippen molar-refractivity contribution < 1.29 is 4.39 Å². The number of hydrogen-bond donors (Lipinski definition) is 0. The van der Waals surface area contributed by atoms with E-state index in [2.05, 4.69) is 6.07 Å². The summed E-state index contributed by atoms with van der Waals surface area (Å²) in [5, 5.41) is 1.03. The van der Waals surface area contributed by atoms with Gasteiger partial charge in [-0.25, -0.2) is 4.39 Å². The highest BCUT2D eigenvalue weighted by molar-refractivity contribution is 7.99. The Hall–Kier alpha value is -2.07. The molecule has 3 aromatic rings.